The summed E-state index contributed by atoms with van der Waals surface area (Å²) in [6, 6.07) is 12.7. The molecule has 1 aliphatic heterocycles. The number of hydrogen-bond acceptors (Lipinski definition) is 7. The van der Waals surface area contributed by atoms with Crippen molar-refractivity contribution in [1.29, 1.82) is 0 Å². The van der Waals surface area contributed by atoms with E-state index in [-0.39, 0.29) is 12.7 Å². The minimum atomic E-state index is -0.212. The number of amides is 1. The smallest absolute Gasteiger partial charge is 0.253 e. The Labute approximate surface area is 172 Å². The zero-order valence-electron chi connectivity index (χ0n) is 15.8. The van der Waals surface area contributed by atoms with Crippen LogP contribution in [-0.2, 0) is 0 Å². The van der Waals surface area contributed by atoms with E-state index in [9.17, 15) is 4.79 Å². The van der Waals surface area contributed by atoms with Gasteiger partial charge in [0, 0.05) is 25.8 Å². The van der Waals surface area contributed by atoms with Gasteiger partial charge in [-0.3, -0.25) is 4.79 Å². The summed E-state index contributed by atoms with van der Waals surface area (Å²) in [6.45, 7) is 0.207. The van der Waals surface area contributed by atoms with Gasteiger partial charge in [-0.1, -0.05) is 23.7 Å². The fourth-order valence-electron chi connectivity index (χ4n) is 2.87. The molecule has 0 fully saturated rings. The van der Waals surface area contributed by atoms with Crippen LogP contribution < -0.4 is 25.0 Å². The Morgan fingerprint density at radius 3 is 2.79 bits per heavy atom. The highest BCUT2D eigenvalue weighted by atomic mass is 35.5. The monoisotopic (exact) mass is 411 g/mol. The summed E-state index contributed by atoms with van der Waals surface area (Å²) in [5, 5.41) is 6.08. The molecule has 0 aliphatic carbocycles. The second kappa shape index (κ2) is 7.84. The van der Waals surface area contributed by atoms with Gasteiger partial charge in [-0.2, -0.15) is 4.98 Å². The molecule has 0 radical (unpaired) electrons. The molecule has 4 rings (SSSR count). The molecule has 9 heteroatoms. The maximum atomic E-state index is 12.1. The van der Waals surface area contributed by atoms with Crippen LogP contribution in [0.5, 0.6) is 11.5 Å². The molecule has 1 amide bonds. The molecule has 2 N–H and O–H groups in total. The Morgan fingerprint density at radius 2 is 1.97 bits per heavy atom. The minimum absolute atomic E-state index is 0.207. The van der Waals surface area contributed by atoms with Crippen LogP contribution in [0, 0.1) is 0 Å². The van der Waals surface area contributed by atoms with Gasteiger partial charge in [0.15, 0.2) is 17.3 Å². The van der Waals surface area contributed by atoms with E-state index in [1.165, 1.54) is 6.20 Å². The fourth-order valence-corrected chi connectivity index (χ4v) is 3.01. The van der Waals surface area contributed by atoms with Crippen molar-refractivity contribution in [2.24, 2.45) is 0 Å². The summed E-state index contributed by atoms with van der Waals surface area (Å²) in [5.41, 5.74) is 1.90. The normalized spacial score (nSPS) is 11.8. The number of hydrogen-bond donors (Lipinski definition) is 2. The molecule has 8 nitrogen and oxygen atoms in total. The molecular weight excluding hydrogens is 394 g/mol. The number of aromatic nitrogens is 2. The van der Waals surface area contributed by atoms with Gasteiger partial charge < -0.3 is 25.0 Å². The van der Waals surface area contributed by atoms with Gasteiger partial charge in [0.05, 0.1) is 17.4 Å². The lowest BCUT2D eigenvalue weighted by atomic mass is 10.1. The van der Waals surface area contributed by atoms with E-state index in [1.807, 2.05) is 31.3 Å². The van der Waals surface area contributed by atoms with Crippen molar-refractivity contribution in [2.45, 2.75) is 0 Å². The number of rotatable bonds is 5. The fraction of sp³-hybridized carbons (Fsp3) is 0.150. The topological polar surface area (TPSA) is 88.6 Å². The summed E-state index contributed by atoms with van der Waals surface area (Å²) >= 11 is 6.30. The average Bonchev–Trinajstić information content (AvgIpc) is 3.22. The van der Waals surface area contributed by atoms with Crippen molar-refractivity contribution < 1.29 is 14.3 Å². The second-order valence-electron chi connectivity index (χ2n) is 6.21. The highest BCUT2D eigenvalue weighted by Gasteiger charge is 2.18. The number of fused-ring (bicyclic) bond motifs is 1. The molecular formula is C20H18ClN5O3. The number of halogens is 1. The summed E-state index contributed by atoms with van der Waals surface area (Å²) in [6.07, 6.45) is 1.51. The van der Waals surface area contributed by atoms with Gasteiger partial charge in [-0.15, -0.1) is 0 Å². The Hall–Kier alpha value is -3.52. The predicted octanol–water partition coefficient (Wildman–Crippen LogP) is 3.73. The van der Waals surface area contributed by atoms with Crippen LogP contribution in [0.25, 0.3) is 0 Å². The zero-order valence-corrected chi connectivity index (χ0v) is 16.5. The maximum Gasteiger partial charge on any atom is 0.253 e. The predicted molar refractivity (Wildman–Crippen MR) is 111 cm³/mol. The Balaban J connectivity index is 1.64. The lowest BCUT2D eigenvalue weighted by molar-refractivity contribution is 0.0964. The number of para-hydroxylation sites is 1. The molecule has 0 bridgehead atoms. The molecule has 0 spiro atoms. The SMILES string of the molecule is CNC(=O)c1ccccc1Nc1nc(N(C)c2ccc3c(c2)OCO3)ncc1Cl. The van der Waals surface area contributed by atoms with Crippen LogP contribution in [0.2, 0.25) is 5.02 Å². The van der Waals surface area contributed by atoms with Crippen LogP contribution >= 0.6 is 11.6 Å². The number of carbonyl (C=O) groups is 1. The molecule has 2 heterocycles. The van der Waals surface area contributed by atoms with Crippen molar-refractivity contribution in [3.8, 4) is 11.5 Å². The van der Waals surface area contributed by atoms with Gasteiger partial charge in [0.2, 0.25) is 12.7 Å². The molecule has 0 unspecified atom stereocenters. The van der Waals surface area contributed by atoms with Crippen LogP contribution in [0.4, 0.5) is 23.1 Å². The highest BCUT2D eigenvalue weighted by Crippen LogP contribution is 2.37. The molecule has 0 saturated carbocycles. The average molecular weight is 412 g/mol. The van der Waals surface area contributed by atoms with Crippen molar-refractivity contribution in [3.05, 3.63) is 59.2 Å². The first-order valence-corrected chi connectivity index (χ1v) is 9.18. The Kier molecular flexibility index (Phi) is 5.09. The molecule has 3 aromatic rings. The van der Waals surface area contributed by atoms with Gasteiger partial charge in [0.25, 0.3) is 5.91 Å². The van der Waals surface area contributed by atoms with Gasteiger partial charge in [-0.05, 0) is 24.3 Å². The second-order valence-corrected chi connectivity index (χ2v) is 6.62. The Bertz CT molecular complexity index is 1080. The van der Waals surface area contributed by atoms with Gasteiger partial charge in [-0.25, -0.2) is 4.98 Å². The molecule has 0 saturated heterocycles. The molecule has 1 aliphatic rings. The van der Waals surface area contributed by atoms with Crippen LogP contribution in [0.15, 0.2) is 48.7 Å². The number of benzene rings is 2. The number of nitrogens with one attached hydrogen (secondary N) is 2. The minimum Gasteiger partial charge on any atom is -0.454 e. The number of carbonyl (C=O) groups excluding carboxylic acids is 1. The largest absolute Gasteiger partial charge is 0.454 e. The van der Waals surface area contributed by atoms with E-state index in [0.29, 0.717) is 39.5 Å². The van der Waals surface area contributed by atoms with Crippen molar-refractivity contribution >= 4 is 40.6 Å². The van der Waals surface area contributed by atoms with E-state index >= 15 is 0 Å². The van der Waals surface area contributed by atoms with Crippen LogP contribution in [-0.4, -0.2) is 36.8 Å². The van der Waals surface area contributed by atoms with Crippen molar-refractivity contribution in [2.75, 3.05) is 31.1 Å². The number of nitrogens with zero attached hydrogens (tertiary/aromatic N) is 3. The van der Waals surface area contributed by atoms with Crippen molar-refractivity contribution in [3.63, 3.8) is 0 Å². The van der Waals surface area contributed by atoms with E-state index < -0.39 is 0 Å². The Morgan fingerprint density at radius 1 is 1.17 bits per heavy atom. The molecule has 1 aromatic heterocycles. The van der Waals surface area contributed by atoms with E-state index in [2.05, 4.69) is 20.6 Å². The third-order valence-corrected chi connectivity index (χ3v) is 4.70. The van der Waals surface area contributed by atoms with Crippen molar-refractivity contribution in [1.82, 2.24) is 15.3 Å². The summed E-state index contributed by atoms with van der Waals surface area (Å²) < 4.78 is 10.8. The van der Waals surface area contributed by atoms with Gasteiger partial charge >= 0.3 is 0 Å². The summed E-state index contributed by atoms with van der Waals surface area (Å²) in [7, 11) is 3.41. The third kappa shape index (κ3) is 3.74. The molecule has 0 atom stereocenters. The first-order chi connectivity index (χ1) is 14.1. The van der Waals surface area contributed by atoms with E-state index in [0.717, 1.165) is 5.69 Å². The van der Waals surface area contributed by atoms with E-state index in [1.54, 1.807) is 30.1 Å². The summed E-state index contributed by atoms with van der Waals surface area (Å²) in [4.78, 5) is 22.8. The first-order valence-electron chi connectivity index (χ1n) is 8.81. The maximum absolute atomic E-state index is 12.1. The number of ether oxygens (including phenoxy) is 2. The quantitative estimate of drug-likeness (QED) is 0.661. The molecule has 148 valence electrons. The van der Waals surface area contributed by atoms with Gasteiger partial charge in [0.1, 0.15) is 5.02 Å². The first kappa shape index (κ1) is 18.8. The molecule has 2 aromatic carbocycles. The third-order valence-electron chi connectivity index (χ3n) is 4.43. The molecule has 29 heavy (non-hydrogen) atoms. The lowest BCUT2D eigenvalue weighted by Gasteiger charge is -2.19. The van der Waals surface area contributed by atoms with Crippen LogP contribution in [0.3, 0.4) is 0 Å². The van der Waals surface area contributed by atoms with Crippen LogP contribution in [0.1, 0.15) is 10.4 Å². The summed E-state index contributed by atoms with van der Waals surface area (Å²) in [5.74, 6) is 1.97. The lowest BCUT2D eigenvalue weighted by Crippen LogP contribution is -2.19. The number of anilines is 4. The van der Waals surface area contributed by atoms with E-state index in [4.69, 9.17) is 21.1 Å². The zero-order chi connectivity index (χ0) is 20.4. The highest BCUT2D eigenvalue weighted by molar-refractivity contribution is 6.33. The standard InChI is InChI=1S/C20H18ClN5O3/c1-22-19(27)13-5-3-4-6-15(13)24-18-14(21)10-23-20(25-18)26(2)12-7-8-16-17(9-12)29-11-28-16/h3-10H,11H2,1-2H3,(H,22,27)(H,23,24,25).